The van der Waals surface area contributed by atoms with E-state index in [1.165, 1.54) is 12.2 Å². The Hall–Kier alpha value is -1.70. The van der Waals surface area contributed by atoms with Crippen molar-refractivity contribution in [3.63, 3.8) is 0 Å². The molecule has 0 saturated heterocycles. The van der Waals surface area contributed by atoms with Gasteiger partial charge in [0.1, 0.15) is 12.6 Å². The van der Waals surface area contributed by atoms with Gasteiger partial charge < -0.3 is 0 Å². The summed E-state index contributed by atoms with van der Waals surface area (Å²) in [7, 11) is 0. The van der Waals surface area contributed by atoms with E-state index in [9.17, 15) is 9.59 Å². The van der Waals surface area contributed by atoms with Crippen LogP contribution < -0.4 is 0 Å². The maximum atomic E-state index is 9.65. The highest BCUT2D eigenvalue weighted by Crippen LogP contribution is 1.79. The van der Waals surface area contributed by atoms with Gasteiger partial charge in [0.05, 0.1) is 0 Å². The summed E-state index contributed by atoms with van der Waals surface area (Å²) in [5.41, 5.74) is 0. The van der Waals surface area contributed by atoms with E-state index >= 15 is 0 Å². The predicted molar refractivity (Wildman–Crippen MR) is 64.7 cm³/mol. The van der Waals surface area contributed by atoms with Gasteiger partial charge in [-0.1, -0.05) is 43.4 Å². The standard InChI is InChI=1S/C7H10O.C6H8O/c1-2-3-4-5-6-7-8;1-2-3-4-5-6-7/h3-7H,2H2,1H3;2-6H,1H3. The van der Waals surface area contributed by atoms with Crippen LogP contribution in [0.3, 0.4) is 0 Å². The predicted octanol–water partition coefficient (Wildman–Crippen LogP) is 3.03. The number of aldehydes is 2. The number of hydrogen-bond donors (Lipinski definition) is 0. The van der Waals surface area contributed by atoms with Crippen LogP contribution in [0.4, 0.5) is 0 Å². The molecule has 0 aliphatic carbocycles. The summed E-state index contributed by atoms with van der Waals surface area (Å²) in [4.78, 5) is 19.2. The van der Waals surface area contributed by atoms with Crippen LogP contribution in [-0.4, -0.2) is 12.6 Å². The summed E-state index contributed by atoms with van der Waals surface area (Å²) >= 11 is 0. The molecule has 2 nitrogen and oxygen atoms in total. The van der Waals surface area contributed by atoms with Gasteiger partial charge in [-0.15, -0.1) is 0 Å². The third-order valence-corrected chi connectivity index (χ3v) is 1.17. The molecule has 0 aromatic rings. The Bertz CT molecular complexity index is 245. The van der Waals surface area contributed by atoms with E-state index in [0.717, 1.165) is 19.0 Å². The molecule has 0 radical (unpaired) electrons. The minimum absolute atomic E-state index is 0.750. The van der Waals surface area contributed by atoms with Crippen LogP contribution in [0.15, 0.2) is 48.6 Å². The molecule has 0 fully saturated rings. The Kier molecular flexibility index (Phi) is 19.1. The molecule has 15 heavy (non-hydrogen) atoms. The minimum atomic E-state index is 0.750. The molecule has 0 amide bonds. The maximum absolute atomic E-state index is 9.65. The summed E-state index contributed by atoms with van der Waals surface area (Å²) in [5, 5.41) is 0. The second-order valence-electron chi connectivity index (χ2n) is 2.40. The first kappa shape index (κ1) is 15.8. The number of rotatable bonds is 5. The fraction of sp³-hybridized carbons (Fsp3) is 0.231. The van der Waals surface area contributed by atoms with Crippen LogP contribution in [0, 0.1) is 0 Å². The smallest absolute Gasteiger partial charge is 0.142 e. The lowest BCUT2D eigenvalue weighted by molar-refractivity contribution is -0.104. The SMILES string of the molecule is CC=CC=CC=O.CCC=CC=CC=O. The summed E-state index contributed by atoms with van der Waals surface area (Å²) < 4.78 is 0. The van der Waals surface area contributed by atoms with Gasteiger partial charge in [0.2, 0.25) is 0 Å². The van der Waals surface area contributed by atoms with Crippen molar-refractivity contribution in [1.82, 2.24) is 0 Å². The van der Waals surface area contributed by atoms with Gasteiger partial charge in [0.25, 0.3) is 0 Å². The number of carbonyl (C=O) groups excluding carboxylic acids is 2. The molecule has 0 rings (SSSR count). The topological polar surface area (TPSA) is 34.1 Å². The lowest BCUT2D eigenvalue weighted by Crippen LogP contribution is -1.56. The van der Waals surface area contributed by atoms with Crippen molar-refractivity contribution in [2.24, 2.45) is 0 Å². The Morgan fingerprint density at radius 2 is 1.33 bits per heavy atom. The van der Waals surface area contributed by atoms with Crippen molar-refractivity contribution in [2.45, 2.75) is 20.3 Å². The zero-order valence-electron chi connectivity index (χ0n) is 9.30. The lowest BCUT2D eigenvalue weighted by Gasteiger charge is -1.70. The van der Waals surface area contributed by atoms with Crippen LogP contribution in [0.1, 0.15) is 20.3 Å². The molecule has 0 aliphatic heterocycles. The zero-order valence-corrected chi connectivity index (χ0v) is 9.30. The largest absolute Gasteiger partial charge is 0.299 e. The number of allylic oxidation sites excluding steroid dienone is 8. The summed E-state index contributed by atoms with van der Waals surface area (Å²) in [6, 6.07) is 0. The molecule has 0 atom stereocenters. The van der Waals surface area contributed by atoms with Crippen LogP contribution >= 0.6 is 0 Å². The van der Waals surface area contributed by atoms with E-state index < -0.39 is 0 Å². The zero-order chi connectivity index (χ0) is 11.8. The lowest BCUT2D eigenvalue weighted by atomic mass is 10.4. The molecule has 82 valence electrons. The van der Waals surface area contributed by atoms with Gasteiger partial charge >= 0.3 is 0 Å². The van der Waals surface area contributed by atoms with E-state index in [4.69, 9.17) is 0 Å². The molecule has 0 N–H and O–H groups in total. The average molecular weight is 206 g/mol. The van der Waals surface area contributed by atoms with E-state index in [-0.39, 0.29) is 0 Å². The van der Waals surface area contributed by atoms with Crippen molar-refractivity contribution in [3.8, 4) is 0 Å². The van der Waals surface area contributed by atoms with Gasteiger partial charge in [0.15, 0.2) is 0 Å². The van der Waals surface area contributed by atoms with Crippen molar-refractivity contribution in [2.75, 3.05) is 0 Å². The van der Waals surface area contributed by atoms with Gasteiger partial charge in [-0.3, -0.25) is 9.59 Å². The molecule has 0 unspecified atom stereocenters. The van der Waals surface area contributed by atoms with E-state index in [1.807, 2.05) is 32.1 Å². The monoisotopic (exact) mass is 206 g/mol. The molecule has 0 aromatic heterocycles. The van der Waals surface area contributed by atoms with Crippen LogP contribution in [-0.2, 0) is 9.59 Å². The Labute approximate surface area is 91.7 Å². The normalized spacial score (nSPS) is 11.1. The van der Waals surface area contributed by atoms with Crippen LogP contribution in [0.2, 0.25) is 0 Å². The van der Waals surface area contributed by atoms with E-state index in [0.29, 0.717) is 0 Å². The number of hydrogen-bond acceptors (Lipinski definition) is 2. The summed E-state index contributed by atoms with van der Waals surface area (Å²) in [6.07, 6.45) is 16.3. The quantitative estimate of drug-likeness (QED) is 0.393. The Balaban J connectivity index is 0. The fourth-order valence-electron chi connectivity index (χ4n) is 0.545. The molecule has 0 saturated carbocycles. The van der Waals surface area contributed by atoms with Crippen molar-refractivity contribution in [3.05, 3.63) is 48.6 Å². The molecule has 2 heteroatoms. The third-order valence-electron chi connectivity index (χ3n) is 1.17. The highest BCUT2D eigenvalue weighted by Gasteiger charge is 1.61. The third kappa shape index (κ3) is 24.5. The molecule has 0 bridgehead atoms. The molecular formula is C13H18O2. The first-order valence-electron chi connectivity index (χ1n) is 4.83. The maximum Gasteiger partial charge on any atom is 0.142 e. The van der Waals surface area contributed by atoms with Gasteiger partial charge in [0, 0.05) is 0 Å². The number of carbonyl (C=O) groups is 2. The van der Waals surface area contributed by atoms with Crippen LogP contribution in [0.25, 0.3) is 0 Å². The van der Waals surface area contributed by atoms with Crippen LogP contribution in [0.5, 0.6) is 0 Å². The first-order valence-corrected chi connectivity index (χ1v) is 4.83. The van der Waals surface area contributed by atoms with Gasteiger partial charge in [-0.25, -0.2) is 0 Å². The minimum Gasteiger partial charge on any atom is -0.299 e. The molecule has 0 aliphatic rings. The van der Waals surface area contributed by atoms with Gasteiger partial charge in [-0.2, -0.15) is 0 Å². The molecule has 0 heterocycles. The van der Waals surface area contributed by atoms with E-state index in [1.54, 1.807) is 18.2 Å². The highest BCUT2D eigenvalue weighted by atomic mass is 16.1. The molecule has 0 aromatic carbocycles. The average Bonchev–Trinajstić information content (AvgIpc) is 2.26. The van der Waals surface area contributed by atoms with Gasteiger partial charge in [-0.05, 0) is 25.5 Å². The highest BCUT2D eigenvalue weighted by molar-refractivity contribution is 5.65. The second-order valence-corrected chi connectivity index (χ2v) is 2.40. The second kappa shape index (κ2) is 18.2. The molecular weight excluding hydrogens is 188 g/mol. The van der Waals surface area contributed by atoms with E-state index in [2.05, 4.69) is 0 Å². The fourth-order valence-corrected chi connectivity index (χ4v) is 0.545. The van der Waals surface area contributed by atoms with Crippen molar-refractivity contribution < 1.29 is 9.59 Å². The van der Waals surface area contributed by atoms with Crippen molar-refractivity contribution >= 4 is 12.6 Å². The molecule has 0 spiro atoms. The Morgan fingerprint density at radius 3 is 1.73 bits per heavy atom. The first-order chi connectivity index (χ1) is 7.33. The van der Waals surface area contributed by atoms with Crippen molar-refractivity contribution in [1.29, 1.82) is 0 Å². The summed E-state index contributed by atoms with van der Waals surface area (Å²) in [6.45, 7) is 3.94. The Morgan fingerprint density at radius 1 is 0.800 bits per heavy atom. The summed E-state index contributed by atoms with van der Waals surface area (Å²) in [5.74, 6) is 0.